The van der Waals surface area contributed by atoms with Gasteiger partial charge >= 0.3 is 6.03 Å². The minimum absolute atomic E-state index is 0.384. The quantitative estimate of drug-likeness (QED) is 0.547. The predicted octanol–water partition coefficient (Wildman–Crippen LogP) is 0.914. The van der Waals surface area contributed by atoms with E-state index in [9.17, 15) is 4.79 Å². The Morgan fingerprint density at radius 2 is 2.33 bits per heavy atom. The molecule has 1 aromatic rings. The number of nitrogens with zero attached hydrogens (tertiary/aromatic N) is 2. The standard InChI is InChI=1S/C12H19N5O/c1-3-6-15-12(17-11(13)18)16-8-10-9(2)5-4-7-14-10/h4-5,7H,3,6,8H2,1-2H3,(H4,13,15,16,17,18). The summed E-state index contributed by atoms with van der Waals surface area (Å²) in [4.78, 5) is 19.3. The number of hydrogen-bond acceptors (Lipinski definition) is 3. The van der Waals surface area contributed by atoms with Crippen LogP contribution in [0.15, 0.2) is 23.3 Å². The average Bonchev–Trinajstić information content (AvgIpc) is 2.34. The second kappa shape index (κ2) is 7.26. The van der Waals surface area contributed by atoms with Crippen molar-refractivity contribution < 1.29 is 4.79 Å². The SMILES string of the molecule is CCCNC(=NCc1ncccc1C)NC(N)=O. The van der Waals surface area contributed by atoms with Gasteiger partial charge in [0.05, 0.1) is 12.2 Å². The predicted molar refractivity (Wildman–Crippen MR) is 71.1 cm³/mol. The Bertz CT molecular complexity index is 430. The van der Waals surface area contributed by atoms with E-state index in [2.05, 4.69) is 20.6 Å². The van der Waals surface area contributed by atoms with Crippen molar-refractivity contribution in [3.63, 3.8) is 0 Å². The van der Waals surface area contributed by atoms with Crippen LogP contribution in [-0.2, 0) is 6.54 Å². The number of hydrogen-bond donors (Lipinski definition) is 3. The Hall–Kier alpha value is -2.11. The van der Waals surface area contributed by atoms with Crippen LogP contribution in [0.3, 0.4) is 0 Å². The number of rotatable bonds is 4. The highest BCUT2D eigenvalue weighted by molar-refractivity contribution is 5.95. The lowest BCUT2D eigenvalue weighted by Gasteiger charge is -2.09. The van der Waals surface area contributed by atoms with Crippen molar-refractivity contribution in [1.29, 1.82) is 0 Å². The number of amides is 2. The molecule has 0 saturated carbocycles. The molecule has 0 fully saturated rings. The molecule has 4 N–H and O–H groups in total. The van der Waals surface area contributed by atoms with E-state index < -0.39 is 6.03 Å². The molecule has 0 saturated heterocycles. The molecule has 6 heteroatoms. The molecule has 6 nitrogen and oxygen atoms in total. The fraction of sp³-hybridized carbons (Fsp3) is 0.417. The van der Waals surface area contributed by atoms with Crippen LogP contribution in [-0.4, -0.2) is 23.5 Å². The molecule has 0 aliphatic rings. The fourth-order valence-corrected chi connectivity index (χ4v) is 1.34. The Labute approximate surface area is 107 Å². The lowest BCUT2D eigenvalue weighted by Crippen LogP contribution is -2.43. The van der Waals surface area contributed by atoms with Gasteiger partial charge in [-0.3, -0.25) is 10.3 Å². The molecule has 0 bridgehead atoms. The summed E-state index contributed by atoms with van der Waals surface area (Å²) in [6.45, 7) is 5.12. The summed E-state index contributed by atoms with van der Waals surface area (Å²) in [5.74, 6) is 0.384. The molecule has 0 radical (unpaired) electrons. The van der Waals surface area contributed by atoms with E-state index >= 15 is 0 Å². The van der Waals surface area contributed by atoms with Crippen molar-refractivity contribution >= 4 is 12.0 Å². The van der Waals surface area contributed by atoms with E-state index in [1.165, 1.54) is 0 Å². The van der Waals surface area contributed by atoms with Crippen molar-refractivity contribution in [2.24, 2.45) is 10.7 Å². The first kappa shape index (κ1) is 14.0. The molecule has 0 spiro atoms. The molecule has 0 unspecified atom stereocenters. The van der Waals surface area contributed by atoms with Gasteiger partial charge in [0, 0.05) is 12.7 Å². The van der Waals surface area contributed by atoms with Crippen LogP contribution in [0.1, 0.15) is 24.6 Å². The van der Waals surface area contributed by atoms with Gasteiger partial charge in [0.1, 0.15) is 0 Å². The van der Waals surface area contributed by atoms with Crippen LogP contribution in [0, 0.1) is 6.92 Å². The number of guanidine groups is 1. The molecular weight excluding hydrogens is 230 g/mol. The highest BCUT2D eigenvalue weighted by atomic mass is 16.2. The minimum atomic E-state index is -0.630. The number of primary amides is 1. The lowest BCUT2D eigenvalue weighted by atomic mass is 10.2. The summed E-state index contributed by atoms with van der Waals surface area (Å²) in [7, 11) is 0. The summed E-state index contributed by atoms with van der Waals surface area (Å²) in [6.07, 6.45) is 2.65. The molecule has 2 amide bonds. The summed E-state index contributed by atoms with van der Waals surface area (Å²) < 4.78 is 0. The number of aromatic nitrogens is 1. The molecule has 1 rings (SSSR count). The first-order valence-corrected chi connectivity index (χ1v) is 5.88. The second-order valence-corrected chi connectivity index (χ2v) is 3.85. The molecule has 0 atom stereocenters. The van der Waals surface area contributed by atoms with Gasteiger partial charge in [-0.1, -0.05) is 13.0 Å². The number of carbonyl (C=O) groups is 1. The molecule has 98 valence electrons. The number of nitrogens with two attached hydrogens (primary N) is 1. The molecule has 18 heavy (non-hydrogen) atoms. The van der Waals surface area contributed by atoms with Gasteiger partial charge in [-0.25, -0.2) is 9.79 Å². The van der Waals surface area contributed by atoms with Crippen LogP contribution < -0.4 is 16.4 Å². The first-order valence-electron chi connectivity index (χ1n) is 5.88. The third-order valence-electron chi connectivity index (χ3n) is 2.29. The van der Waals surface area contributed by atoms with E-state index in [0.717, 1.165) is 24.2 Å². The monoisotopic (exact) mass is 249 g/mol. The largest absolute Gasteiger partial charge is 0.356 e. The van der Waals surface area contributed by atoms with Crippen molar-refractivity contribution in [3.8, 4) is 0 Å². The summed E-state index contributed by atoms with van der Waals surface area (Å²) in [5.41, 5.74) is 7.02. The third kappa shape index (κ3) is 4.82. The molecular formula is C12H19N5O. The highest BCUT2D eigenvalue weighted by Crippen LogP contribution is 2.04. The van der Waals surface area contributed by atoms with Gasteiger partial charge < -0.3 is 11.1 Å². The Morgan fingerprint density at radius 3 is 2.94 bits per heavy atom. The topological polar surface area (TPSA) is 92.4 Å². The number of urea groups is 1. The van der Waals surface area contributed by atoms with Crippen LogP contribution in [0.4, 0.5) is 4.79 Å². The Balaban J connectivity index is 2.69. The zero-order valence-corrected chi connectivity index (χ0v) is 10.7. The number of pyridine rings is 1. The van der Waals surface area contributed by atoms with Crippen molar-refractivity contribution in [2.75, 3.05) is 6.54 Å². The van der Waals surface area contributed by atoms with Crippen LogP contribution in [0.2, 0.25) is 0 Å². The maximum Gasteiger partial charge on any atom is 0.318 e. The van der Waals surface area contributed by atoms with Gasteiger partial charge in [0.25, 0.3) is 0 Å². The summed E-state index contributed by atoms with van der Waals surface area (Å²) in [6, 6.07) is 3.22. The zero-order valence-electron chi connectivity index (χ0n) is 10.7. The molecule has 0 aliphatic carbocycles. The van der Waals surface area contributed by atoms with E-state index in [0.29, 0.717) is 12.5 Å². The highest BCUT2D eigenvalue weighted by Gasteiger charge is 2.02. The van der Waals surface area contributed by atoms with Crippen LogP contribution in [0.5, 0.6) is 0 Å². The number of nitrogens with one attached hydrogen (secondary N) is 2. The van der Waals surface area contributed by atoms with Gasteiger partial charge in [0.2, 0.25) is 0 Å². The van der Waals surface area contributed by atoms with E-state index in [1.54, 1.807) is 6.20 Å². The summed E-state index contributed by atoms with van der Waals surface area (Å²) in [5, 5.41) is 5.46. The minimum Gasteiger partial charge on any atom is -0.356 e. The average molecular weight is 249 g/mol. The number of aryl methyl sites for hydroxylation is 1. The summed E-state index contributed by atoms with van der Waals surface area (Å²) >= 11 is 0. The van der Waals surface area contributed by atoms with Crippen molar-refractivity contribution in [3.05, 3.63) is 29.6 Å². The van der Waals surface area contributed by atoms with Gasteiger partial charge in [-0.2, -0.15) is 0 Å². The van der Waals surface area contributed by atoms with Gasteiger partial charge in [-0.15, -0.1) is 0 Å². The lowest BCUT2D eigenvalue weighted by molar-refractivity contribution is 0.253. The third-order valence-corrected chi connectivity index (χ3v) is 2.29. The van der Waals surface area contributed by atoms with Gasteiger partial charge in [-0.05, 0) is 25.0 Å². The number of carbonyl (C=O) groups excluding carboxylic acids is 1. The Morgan fingerprint density at radius 1 is 1.56 bits per heavy atom. The Kier molecular flexibility index (Phi) is 5.63. The van der Waals surface area contributed by atoms with Gasteiger partial charge in [0.15, 0.2) is 5.96 Å². The fourth-order valence-electron chi connectivity index (χ4n) is 1.34. The second-order valence-electron chi connectivity index (χ2n) is 3.85. The maximum atomic E-state index is 10.8. The molecule has 0 aliphatic heterocycles. The zero-order chi connectivity index (χ0) is 13.4. The van der Waals surface area contributed by atoms with E-state index in [1.807, 2.05) is 26.0 Å². The van der Waals surface area contributed by atoms with Crippen molar-refractivity contribution in [1.82, 2.24) is 15.6 Å². The molecule has 1 aromatic heterocycles. The van der Waals surface area contributed by atoms with E-state index in [-0.39, 0.29) is 0 Å². The molecule has 1 heterocycles. The normalized spacial score (nSPS) is 11.1. The van der Waals surface area contributed by atoms with Crippen LogP contribution >= 0.6 is 0 Å². The van der Waals surface area contributed by atoms with Crippen LogP contribution in [0.25, 0.3) is 0 Å². The van der Waals surface area contributed by atoms with E-state index in [4.69, 9.17) is 5.73 Å². The van der Waals surface area contributed by atoms with Crippen molar-refractivity contribution in [2.45, 2.75) is 26.8 Å². The number of aliphatic imine (C=N–C) groups is 1. The molecule has 0 aromatic carbocycles. The first-order chi connectivity index (χ1) is 8.63. The smallest absolute Gasteiger partial charge is 0.318 e. The maximum absolute atomic E-state index is 10.8.